The minimum atomic E-state index is 0.0227. The van der Waals surface area contributed by atoms with Crippen molar-refractivity contribution >= 4 is 11.8 Å². The number of rotatable bonds is 4. The molecule has 16 heavy (non-hydrogen) atoms. The maximum absolute atomic E-state index is 4.50. The Hall–Kier alpha value is -1.32. The number of nitrogens with zero attached hydrogens (tertiary/aromatic N) is 3. The third-order valence-corrected chi connectivity index (χ3v) is 2.19. The molecular weight excluding hydrogens is 200 g/mol. The Balaban J connectivity index is 2.86. The van der Waals surface area contributed by atoms with Gasteiger partial charge in [0.1, 0.15) is 5.82 Å². The van der Waals surface area contributed by atoms with Crippen LogP contribution in [0.5, 0.6) is 0 Å². The van der Waals surface area contributed by atoms with Gasteiger partial charge in [0.15, 0.2) is 0 Å². The van der Waals surface area contributed by atoms with Gasteiger partial charge in [0.05, 0.1) is 0 Å². The summed E-state index contributed by atoms with van der Waals surface area (Å²) < 4.78 is 0. The smallest absolute Gasteiger partial charge is 0.227 e. The first-order valence-electron chi connectivity index (χ1n) is 5.82. The van der Waals surface area contributed by atoms with E-state index in [0.29, 0.717) is 0 Å². The number of hydrogen-bond acceptors (Lipinski definition) is 4. The molecule has 0 saturated heterocycles. The van der Waals surface area contributed by atoms with Crippen LogP contribution in [0.3, 0.4) is 0 Å². The molecule has 4 nitrogen and oxygen atoms in total. The molecule has 1 heterocycles. The Morgan fingerprint density at radius 1 is 1.25 bits per heavy atom. The zero-order valence-electron chi connectivity index (χ0n) is 10.9. The maximum atomic E-state index is 4.50. The molecule has 0 unspecified atom stereocenters. The monoisotopic (exact) mass is 222 g/mol. The van der Waals surface area contributed by atoms with Crippen LogP contribution in [-0.2, 0) is 0 Å². The highest BCUT2D eigenvalue weighted by molar-refractivity contribution is 5.42. The van der Waals surface area contributed by atoms with Crippen molar-refractivity contribution < 1.29 is 0 Å². The molecule has 0 spiro atoms. The minimum absolute atomic E-state index is 0.0227. The Labute approximate surface area is 98.1 Å². The predicted molar refractivity (Wildman–Crippen MR) is 69.0 cm³/mol. The van der Waals surface area contributed by atoms with Crippen LogP contribution in [0.4, 0.5) is 11.8 Å². The van der Waals surface area contributed by atoms with Crippen LogP contribution in [0, 0.1) is 0 Å². The number of anilines is 2. The lowest BCUT2D eigenvalue weighted by molar-refractivity contribution is 0.629. The lowest BCUT2D eigenvalue weighted by atomic mass is 10.1. The van der Waals surface area contributed by atoms with Crippen LogP contribution < -0.4 is 10.2 Å². The van der Waals surface area contributed by atoms with Crippen LogP contribution in [0.25, 0.3) is 0 Å². The van der Waals surface area contributed by atoms with Gasteiger partial charge in [0.25, 0.3) is 0 Å². The molecule has 0 bridgehead atoms. The summed E-state index contributed by atoms with van der Waals surface area (Å²) in [5.74, 6) is 1.67. The summed E-state index contributed by atoms with van der Waals surface area (Å²) in [6.45, 7) is 12.4. The molecule has 0 aliphatic rings. The zero-order chi connectivity index (χ0) is 12.2. The van der Waals surface area contributed by atoms with Gasteiger partial charge in [0.2, 0.25) is 5.95 Å². The van der Waals surface area contributed by atoms with Gasteiger partial charge in [-0.1, -0.05) is 0 Å². The first-order chi connectivity index (χ1) is 7.46. The highest BCUT2D eigenvalue weighted by atomic mass is 15.3. The molecule has 90 valence electrons. The predicted octanol–water partition coefficient (Wildman–Crippen LogP) is 2.53. The van der Waals surface area contributed by atoms with Crippen LogP contribution in [0.15, 0.2) is 12.3 Å². The first kappa shape index (κ1) is 12.7. The van der Waals surface area contributed by atoms with Gasteiger partial charge in [0, 0.05) is 24.8 Å². The number of nitrogens with one attached hydrogen (secondary N) is 1. The van der Waals surface area contributed by atoms with E-state index in [4.69, 9.17) is 0 Å². The topological polar surface area (TPSA) is 41.1 Å². The summed E-state index contributed by atoms with van der Waals surface area (Å²) in [6, 6.07) is 1.90. The summed E-state index contributed by atoms with van der Waals surface area (Å²) >= 11 is 0. The summed E-state index contributed by atoms with van der Waals surface area (Å²) in [5, 5.41) is 3.35. The maximum Gasteiger partial charge on any atom is 0.227 e. The average molecular weight is 222 g/mol. The third-order valence-electron chi connectivity index (χ3n) is 2.19. The summed E-state index contributed by atoms with van der Waals surface area (Å²) in [6.07, 6.45) is 1.80. The van der Waals surface area contributed by atoms with E-state index < -0.39 is 0 Å². The van der Waals surface area contributed by atoms with E-state index in [-0.39, 0.29) is 5.54 Å². The quantitative estimate of drug-likeness (QED) is 0.850. The van der Waals surface area contributed by atoms with Gasteiger partial charge in [-0.25, -0.2) is 4.98 Å². The number of hydrogen-bond donors (Lipinski definition) is 1. The Morgan fingerprint density at radius 3 is 2.38 bits per heavy atom. The van der Waals surface area contributed by atoms with Gasteiger partial charge < -0.3 is 10.2 Å². The lowest BCUT2D eigenvalue weighted by Gasteiger charge is -2.23. The van der Waals surface area contributed by atoms with Crippen LogP contribution in [0.2, 0.25) is 0 Å². The highest BCUT2D eigenvalue weighted by Gasteiger charge is 2.11. The van der Waals surface area contributed by atoms with Crippen molar-refractivity contribution in [2.45, 2.75) is 40.2 Å². The summed E-state index contributed by atoms with van der Waals surface area (Å²) in [7, 11) is 0. The normalized spacial score (nSPS) is 11.3. The van der Waals surface area contributed by atoms with E-state index in [0.717, 1.165) is 24.9 Å². The van der Waals surface area contributed by atoms with Gasteiger partial charge in [-0.3, -0.25) is 0 Å². The highest BCUT2D eigenvalue weighted by Crippen LogP contribution is 2.14. The average Bonchev–Trinajstić information content (AvgIpc) is 2.17. The van der Waals surface area contributed by atoms with E-state index in [9.17, 15) is 0 Å². The molecule has 1 rings (SSSR count). The standard InChI is InChI=1S/C12H22N4/c1-6-16(7-2)11-13-9-8-10(14-11)15-12(3,4)5/h8-9H,6-7H2,1-5H3,(H,13,14,15). The molecule has 0 amide bonds. The van der Waals surface area contributed by atoms with E-state index >= 15 is 0 Å². The Bertz CT molecular complexity index is 326. The second-order valence-corrected chi connectivity index (χ2v) is 4.79. The Kier molecular flexibility index (Phi) is 4.10. The molecule has 1 N–H and O–H groups in total. The molecule has 0 fully saturated rings. The van der Waals surface area contributed by atoms with Gasteiger partial charge in [-0.2, -0.15) is 4.98 Å². The van der Waals surface area contributed by atoms with Gasteiger partial charge in [-0.15, -0.1) is 0 Å². The van der Waals surface area contributed by atoms with E-state index in [1.54, 1.807) is 6.20 Å². The SMILES string of the molecule is CCN(CC)c1nccc(NC(C)(C)C)n1. The molecule has 1 aromatic heterocycles. The van der Waals surface area contributed by atoms with Crippen LogP contribution in [-0.4, -0.2) is 28.6 Å². The molecule has 0 radical (unpaired) electrons. The fourth-order valence-electron chi connectivity index (χ4n) is 1.46. The summed E-state index contributed by atoms with van der Waals surface area (Å²) in [5.41, 5.74) is 0.0227. The van der Waals surface area contributed by atoms with Crippen molar-refractivity contribution in [1.29, 1.82) is 0 Å². The fraction of sp³-hybridized carbons (Fsp3) is 0.667. The Morgan fingerprint density at radius 2 is 1.88 bits per heavy atom. The van der Waals surface area contributed by atoms with E-state index in [2.05, 4.69) is 54.8 Å². The van der Waals surface area contributed by atoms with Crippen LogP contribution in [0.1, 0.15) is 34.6 Å². The largest absolute Gasteiger partial charge is 0.365 e. The second-order valence-electron chi connectivity index (χ2n) is 4.79. The van der Waals surface area contributed by atoms with Crippen molar-refractivity contribution in [3.05, 3.63) is 12.3 Å². The zero-order valence-corrected chi connectivity index (χ0v) is 10.9. The molecule has 1 aromatic rings. The van der Waals surface area contributed by atoms with Crippen molar-refractivity contribution in [3.8, 4) is 0 Å². The second kappa shape index (κ2) is 5.14. The molecule has 0 aliphatic carbocycles. The molecule has 0 aromatic carbocycles. The van der Waals surface area contributed by atoms with Crippen LogP contribution >= 0.6 is 0 Å². The van der Waals surface area contributed by atoms with Crippen molar-refractivity contribution in [2.24, 2.45) is 0 Å². The van der Waals surface area contributed by atoms with Crippen molar-refractivity contribution in [1.82, 2.24) is 9.97 Å². The first-order valence-corrected chi connectivity index (χ1v) is 5.82. The van der Waals surface area contributed by atoms with E-state index in [1.807, 2.05) is 6.07 Å². The fourth-order valence-corrected chi connectivity index (χ4v) is 1.46. The molecule has 4 heteroatoms. The molecule has 0 saturated carbocycles. The van der Waals surface area contributed by atoms with Gasteiger partial charge in [-0.05, 0) is 40.7 Å². The van der Waals surface area contributed by atoms with E-state index in [1.165, 1.54) is 0 Å². The number of aromatic nitrogens is 2. The summed E-state index contributed by atoms with van der Waals surface area (Å²) in [4.78, 5) is 10.9. The minimum Gasteiger partial charge on any atom is -0.365 e. The van der Waals surface area contributed by atoms with Crippen molar-refractivity contribution in [2.75, 3.05) is 23.3 Å². The molecule has 0 atom stereocenters. The lowest BCUT2D eigenvalue weighted by Crippen LogP contribution is -2.28. The molecule has 0 aliphatic heterocycles. The van der Waals surface area contributed by atoms with Gasteiger partial charge >= 0.3 is 0 Å². The molecular formula is C12H22N4. The van der Waals surface area contributed by atoms with Crippen molar-refractivity contribution in [3.63, 3.8) is 0 Å². The third kappa shape index (κ3) is 3.68.